The van der Waals surface area contributed by atoms with Crippen LogP contribution < -0.4 is 0 Å². The summed E-state index contributed by atoms with van der Waals surface area (Å²) in [4.78, 5) is 0. The lowest BCUT2D eigenvalue weighted by atomic mass is 9.60. The van der Waals surface area contributed by atoms with Crippen LogP contribution >= 0.6 is 0 Å². The Morgan fingerprint density at radius 3 is 0.969 bits per heavy atom. The Hall–Kier alpha value is -1.85. The Bertz CT molecular complexity index is 884. The third-order valence-electron chi connectivity index (χ3n) is 7.44. The third-order valence-corrected chi connectivity index (χ3v) is 7.44. The van der Waals surface area contributed by atoms with E-state index in [1.54, 1.807) is 0 Å². The van der Waals surface area contributed by atoms with Crippen molar-refractivity contribution in [3.05, 3.63) is 71.8 Å². The van der Waals surface area contributed by atoms with Crippen LogP contribution in [0.1, 0.15) is 66.5 Å². The molecule has 32 heavy (non-hydrogen) atoms. The Morgan fingerprint density at radius 1 is 0.469 bits per heavy atom. The van der Waals surface area contributed by atoms with Crippen LogP contribution in [0.5, 0.6) is 0 Å². The molecule has 4 rings (SSSR count). The molecule has 6 heteroatoms. The fraction of sp³-hybridized carbons (Fsp3) is 0.462. The van der Waals surface area contributed by atoms with Crippen LogP contribution in [-0.4, -0.2) is 36.6 Å². The quantitative estimate of drug-likeness (QED) is 0.448. The average Bonchev–Trinajstić information content (AvgIpc) is 3.06. The summed E-state index contributed by atoms with van der Waals surface area (Å²) >= 11 is 0. The maximum Gasteiger partial charge on any atom is 0.495 e. The molecule has 0 spiro atoms. The normalized spacial score (nSPS) is 23.9. The number of benzene rings is 2. The van der Waals surface area contributed by atoms with Crippen LogP contribution in [0.15, 0.2) is 60.7 Å². The summed E-state index contributed by atoms with van der Waals surface area (Å²) in [6, 6.07) is 20.5. The van der Waals surface area contributed by atoms with Crippen molar-refractivity contribution in [3.63, 3.8) is 0 Å². The van der Waals surface area contributed by atoms with Gasteiger partial charge in [0, 0.05) is 0 Å². The molecule has 0 bridgehead atoms. The van der Waals surface area contributed by atoms with Gasteiger partial charge in [0.05, 0.1) is 22.4 Å². The highest BCUT2D eigenvalue weighted by molar-refractivity contribution is 6.82. The van der Waals surface area contributed by atoms with Crippen LogP contribution in [0, 0.1) is 0 Å². The van der Waals surface area contributed by atoms with Crippen molar-refractivity contribution < 1.29 is 18.6 Å². The maximum atomic E-state index is 6.56. The summed E-state index contributed by atoms with van der Waals surface area (Å²) in [7, 11) is -1.12. The van der Waals surface area contributed by atoms with E-state index in [9.17, 15) is 0 Å². The molecule has 0 aliphatic carbocycles. The van der Waals surface area contributed by atoms with Gasteiger partial charge >= 0.3 is 14.2 Å². The number of hydrogen-bond acceptors (Lipinski definition) is 4. The zero-order valence-corrected chi connectivity index (χ0v) is 20.6. The van der Waals surface area contributed by atoms with Gasteiger partial charge in [-0.1, -0.05) is 60.7 Å². The van der Waals surface area contributed by atoms with Crippen molar-refractivity contribution in [1.29, 1.82) is 0 Å². The average molecular weight is 432 g/mol. The molecule has 2 saturated heterocycles. The van der Waals surface area contributed by atoms with Gasteiger partial charge in [-0.05, 0) is 77.5 Å². The fourth-order valence-corrected chi connectivity index (χ4v) is 3.99. The van der Waals surface area contributed by atoms with E-state index in [0.29, 0.717) is 0 Å². The second-order valence-electron chi connectivity index (χ2n) is 10.7. The monoisotopic (exact) mass is 432 g/mol. The third kappa shape index (κ3) is 3.99. The van der Waals surface area contributed by atoms with Gasteiger partial charge in [-0.15, -0.1) is 0 Å². The van der Waals surface area contributed by atoms with Gasteiger partial charge in [0.15, 0.2) is 0 Å². The molecule has 2 aromatic rings. The van der Waals surface area contributed by atoms with Gasteiger partial charge in [0.25, 0.3) is 0 Å². The van der Waals surface area contributed by atoms with Crippen molar-refractivity contribution in [2.75, 3.05) is 0 Å². The first-order valence-electron chi connectivity index (χ1n) is 11.4. The van der Waals surface area contributed by atoms with Crippen LogP contribution in [0.4, 0.5) is 0 Å². The van der Waals surface area contributed by atoms with E-state index >= 15 is 0 Å². The lowest BCUT2D eigenvalue weighted by Gasteiger charge is -2.32. The van der Waals surface area contributed by atoms with E-state index in [2.05, 4.69) is 79.7 Å². The summed E-state index contributed by atoms with van der Waals surface area (Å²) in [5.74, 6) is 0. The van der Waals surface area contributed by atoms with Crippen LogP contribution in [0.2, 0.25) is 0 Å². The van der Waals surface area contributed by atoms with Gasteiger partial charge in [-0.25, -0.2) is 0 Å². The maximum absolute atomic E-state index is 6.56. The predicted octanol–water partition coefficient (Wildman–Crippen LogP) is 5.86. The van der Waals surface area contributed by atoms with Gasteiger partial charge in [-0.2, -0.15) is 0 Å². The molecule has 4 nitrogen and oxygen atoms in total. The van der Waals surface area contributed by atoms with Gasteiger partial charge in [0.2, 0.25) is 0 Å². The molecule has 2 aliphatic heterocycles. The highest BCUT2D eigenvalue weighted by atomic mass is 16.7. The van der Waals surface area contributed by atoms with E-state index in [0.717, 1.165) is 22.1 Å². The van der Waals surface area contributed by atoms with Crippen LogP contribution in [-0.2, 0) is 18.6 Å². The first-order chi connectivity index (χ1) is 14.8. The van der Waals surface area contributed by atoms with Crippen molar-refractivity contribution in [2.24, 2.45) is 0 Å². The van der Waals surface area contributed by atoms with E-state index < -0.39 is 36.6 Å². The van der Waals surface area contributed by atoms with Gasteiger partial charge in [0.1, 0.15) is 0 Å². The minimum absolute atomic E-state index is 0.463. The number of rotatable bonds is 4. The van der Waals surface area contributed by atoms with E-state index in [-0.39, 0.29) is 0 Å². The van der Waals surface area contributed by atoms with Crippen LogP contribution in [0.25, 0.3) is 10.9 Å². The summed E-state index contributed by atoms with van der Waals surface area (Å²) in [5, 5.41) is 0. The summed E-state index contributed by atoms with van der Waals surface area (Å²) in [6.07, 6.45) is 0. The van der Waals surface area contributed by atoms with E-state index in [1.165, 1.54) is 0 Å². The number of hydrogen-bond donors (Lipinski definition) is 0. The summed E-state index contributed by atoms with van der Waals surface area (Å²) < 4.78 is 26.2. The standard InChI is InChI=1S/C26H34B2O4/c1-23(2)24(3,4)30-27(29-23)21(19-15-11-9-12-16-19)22(20-17-13-10-14-18-20)28-31-25(5,6)26(7,8)32-28/h9-18H,1-8H3/b22-21+. The molecular weight excluding hydrogens is 398 g/mol. The highest BCUT2D eigenvalue weighted by Crippen LogP contribution is 2.46. The van der Waals surface area contributed by atoms with Crippen molar-refractivity contribution in [1.82, 2.24) is 0 Å². The van der Waals surface area contributed by atoms with Crippen molar-refractivity contribution in [3.8, 4) is 0 Å². The molecule has 0 atom stereocenters. The van der Waals surface area contributed by atoms with Crippen molar-refractivity contribution in [2.45, 2.75) is 77.8 Å². The first kappa shape index (κ1) is 23.3. The van der Waals surface area contributed by atoms with Crippen LogP contribution in [0.3, 0.4) is 0 Å². The topological polar surface area (TPSA) is 36.9 Å². The zero-order valence-electron chi connectivity index (χ0n) is 20.6. The second kappa shape index (κ2) is 7.88. The molecule has 0 saturated carbocycles. The molecule has 2 fully saturated rings. The summed E-state index contributed by atoms with van der Waals surface area (Å²) in [5.41, 5.74) is 2.08. The second-order valence-corrected chi connectivity index (χ2v) is 10.7. The minimum Gasteiger partial charge on any atom is -0.399 e. The molecule has 2 aromatic carbocycles. The molecule has 2 heterocycles. The highest BCUT2D eigenvalue weighted by Gasteiger charge is 2.57. The van der Waals surface area contributed by atoms with Crippen molar-refractivity contribution >= 4 is 25.2 Å². The minimum atomic E-state index is -0.559. The first-order valence-corrected chi connectivity index (χ1v) is 11.4. The molecular formula is C26H34B2O4. The molecule has 168 valence electrons. The van der Waals surface area contributed by atoms with Gasteiger partial charge in [-0.3, -0.25) is 0 Å². The zero-order chi connectivity index (χ0) is 23.4. The summed E-state index contributed by atoms with van der Waals surface area (Å²) in [6.45, 7) is 16.6. The Morgan fingerprint density at radius 2 is 0.719 bits per heavy atom. The van der Waals surface area contributed by atoms with Gasteiger partial charge < -0.3 is 18.6 Å². The SMILES string of the molecule is CC1(C)OB(/C(=C(/B2OC(C)(C)C(C)(C)O2)c2ccccc2)c2ccccc2)OC1(C)C. The van der Waals surface area contributed by atoms with E-state index in [1.807, 2.05) is 36.4 Å². The molecule has 0 N–H and O–H groups in total. The molecule has 0 radical (unpaired) electrons. The fourth-order valence-electron chi connectivity index (χ4n) is 3.99. The lowest BCUT2D eigenvalue weighted by molar-refractivity contribution is 0.00578. The predicted molar refractivity (Wildman–Crippen MR) is 132 cm³/mol. The Labute approximate surface area is 193 Å². The Kier molecular flexibility index (Phi) is 5.74. The molecule has 0 aromatic heterocycles. The largest absolute Gasteiger partial charge is 0.495 e. The van der Waals surface area contributed by atoms with E-state index in [4.69, 9.17) is 18.6 Å². The Balaban J connectivity index is 1.96. The lowest BCUT2D eigenvalue weighted by Crippen LogP contribution is -2.41. The molecule has 0 amide bonds. The smallest absolute Gasteiger partial charge is 0.399 e. The molecule has 2 aliphatic rings. The molecule has 0 unspecified atom stereocenters.